The van der Waals surface area contributed by atoms with Crippen LogP contribution in [0.5, 0.6) is 0 Å². The first-order chi connectivity index (χ1) is 10.2. The molecular weight excluding hydrogens is 361 g/mol. The summed E-state index contributed by atoms with van der Waals surface area (Å²) in [5.41, 5.74) is 0. The fraction of sp³-hybridized carbons (Fsp3) is 0.800. The van der Waals surface area contributed by atoms with Gasteiger partial charge in [-0.3, -0.25) is 4.90 Å². The molecule has 0 radical (unpaired) electrons. The van der Waals surface area contributed by atoms with Gasteiger partial charge < -0.3 is 5.32 Å². The van der Waals surface area contributed by atoms with Gasteiger partial charge >= 0.3 is 6.18 Å². The van der Waals surface area contributed by atoms with E-state index in [2.05, 4.69) is 15.6 Å². The first-order valence-electron chi connectivity index (χ1n) is 6.57. The zero-order valence-corrected chi connectivity index (χ0v) is 13.9. The Hall–Kier alpha value is -0.950. The minimum atomic E-state index is -4.52. The molecule has 0 bridgehead atoms. The minimum Gasteiger partial charge on any atom is -0.314 e. The molecule has 2 rings (SSSR count). The summed E-state index contributed by atoms with van der Waals surface area (Å²) >= 11 is 0. The molecule has 23 heavy (non-hydrogen) atoms. The Balaban J connectivity index is 0.00000264. The van der Waals surface area contributed by atoms with Crippen LogP contribution in [0.15, 0.2) is 11.2 Å². The predicted molar refractivity (Wildman–Crippen MR) is 77.7 cm³/mol. The Morgan fingerprint density at radius 1 is 1.39 bits per heavy atom. The number of nitrogens with one attached hydrogen (secondary N) is 2. The highest BCUT2D eigenvalue weighted by Gasteiger charge is 2.44. The standard InChI is InChI=1S/C10H17F3N6O2S.ClH/c1-18-9(7-15-17-18)22(20,21)16-6-8(10(11,12)13)19-4-2-14-3-5-19;/h7-8,14,16H,2-6H2,1H3;1H. The Morgan fingerprint density at radius 2 is 2.00 bits per heavy atom. The monoisotopic (exact) mass is 378 g/mol. The lowest BCUT2D eigenvalue weighted by molar-refractivity contribution is -0.182. The molecule has 1 aliphatic heterocycles. The van der Waals surface area contributed by atoms with Gasteiger partial charge in [0.1, 0.15) is 6.04 Å². The number of hydrogen-bond acceptors (Lipinski definition) is 6. The molecule has 1 saturated heterocycles. The van der Waals surface area contributed by atoms with Crippen LogP contribution in [0, 0.1) is 0 Å². The summed E-state index contributed by atoms with van der Waals surface area (Å²) in [6.07, 6.45) is -3.54. The molecular formula is C10H18ClF3N6O2S. The van der Waals surface area contributed by atoms with Gasteiger partial charge in [-0.1, -0.05) is 5.21 Å². The Kier molecular flexibility index (Phi) is 6.77. The largest absolute Gasteiger partial charge is 0.405 e. The summed E-state index contributed by atoms with van der Waals surface area (Å²) in [6.45, 7) is 0.533. The number of hydrogen-bond donors (Lipinski definition) is 2. The number of alkyl halides is 3. The highest BCUT2D eigenvalue weighted by Crippen LogP contribution is 2.25. The van der Waals surface area contributed by atoms with Gasteiger partial charge in [0.25, 0.3) is 10.0 Å². The maximum atomic E-state index is 13.2. The van der Waals surface area contributed by atoms with Crippen LogP contribution >= 0.6 is 12.4 Å². The van der Waals surface area contributed by atoms with Gasteiger partial charge in [0.05, 0.1) is 6.20 Å². The second-order valence-electron chi connectivity index (χ2n) is 4.89. The molecule has 13 heteroatoms. The summed E-state index contributed by atoms with van der Waals surface area (Å²) in [5.74, 6) is 0. The van der Waals surface area contributed by atoms with Gasteiger partial charge in [-0.25, -0.2) is 17.8 Å². The van der Waals surface area contributed by atoms with Crippen molar-refractivity contribution in [2.24, 2.45) is 7.05 Å². The first kappa shape index (κ1) is 20.1. The molecule has 0 amide bonds. The van der Waals surface area contributed by atoms with Crippen LogP contribution in [0.1, 0.15) is 0 Å². The summed E-state index contributed by atoms with van der Waals surface area (Å²) in [4.78, 5) is 1.22. The van der Waals surface area contributed by atoms with Crippen molar-refractivity contribution in [3.05, 3.63) is 6.20 Å². The van der Waals surface area contributed by atoms with E-state index < -0.39 is 28.8 Å². The zero-order valence-electron chi connectivity index (χ0n) is 12.2. The quantitative estimate of drug-likeness (QED) is 0.707. The number of aromatic nitrogens is 3. The van der Waals surface area contributed by atoms with E-state index in [0.29, 0.717) is 13.1 Å². The van der Waals surface area contributed by atoms with E-state index >= 15 is 0 Å². The average Bonchev–Trinajstić information content (AvgIpc) is 2.85. The van der Waals surface area contributed by atoms with Crippen molar-refractivity contribution >= 4 is 22.4 Å². The van der Waals surface area contributed by atoms with E-state index in [4.69, 9.17) is 0 Å². The molecule has 1 aromatic heterocycles. The predicted octanol–water partition coefficient (Wildman–Crippen LogP) is -0.649. The normalized spacial score (nSPS) is 18.4. The minimum absolute atomic E-state index is 0. The summed E-state index contributed by atoms with van der Waals surface area (Å²) in [6, 6.07) is -1.87. The van der Waals surface area contributed by atoms with Gasteiger partial charge in [0.2, 0.25) is 0 Å². The molecule has 2 heterocycles. The van der Waals surface area contributed by atoms with Gasteiger partial charge in [-0.2, -0.15) is 13.2 Å². The number of nitrogens with zero attached hydrogens (tertiary/aromatic N) is 4. The smallest absolute Gasteiger partial charge is 0.314 e. The Morgan fingerprint density at radius 3 is 2.48 bits per heavy atom. The third-order valence-electron chi connectivity index (χ3n) is 3.39. The van der Waals surface area contributed by atoms with Crippen LogP contribution in [0.3, 0.4) is 0 Å². The molecule has 0 saturated carbocycles. The number of halogens is 4. The molecule has 134 valence electrons. The van der Waals surface area contributed by atoms with E-state index in [1.807, 2.05) is 4.72 Å². The fourth-order valence-electron chi connectivity index (χ4n) is 2.23. The van der Waals surface area contributed by atoms with E-state index in [1.54, 1.807) is 0 Å². The topological polar surface area (TPSA) is 92.1 Å². The van der Waals surface area contributed by atoms with Gasteiger partial charge in [0.15, 0.2) is 5.03 Å². The van der Waals surface area contributed by atoms with Crippen LogP contribution < -0.4 is 10.0 Å². The van der Waals surface area contributed by atoms with Crippen molar-refractivity contribution in [1.29, 1.82) is 0 Å². The third kappa shape index (κ3) is 5.01. The number of sulfonamides is 1. The van der Waals surface area contributed by atoms with Gasteiger partial charge in [-0.15, -0.1) is 17.5 Å². The highest BCUT2D eigenvalue weighted by atomic mass is 35.5. The van der Waals surface area contributed by atoms with Crippen molar-refractivity contribution in [2.75, 3.05) is 32.7 Å². The lowest BCUT2D eigenvalue weighted by atomic mass is 10.2. The molecule has 2 N–H and O–H groups in total. The molecule has 1 aromatic rings. The molecule has 1 fully saturated rings. The maximum Gasteiger partial charge on any atom is 0.405 e. The van der Waals surface area contributed by atoms with E-state index in [9.17, 15) is 21.6 Å². The SMILES string of the molecule is Cl.Cn1nncc1S(=O)(=O)NCC(N1CCNCC1)C(F)(F)F. The highest BCUT2D eigenvalue weighted by molar-refractivity contribution is 7.89. The maximum absolute atomic E-state index is 13.2. The summed E-state index contributed by atoms with van der Waals surface area (Å²) in [7, 11) is -2.75. The van der Waals surface area contributed by atoms with Crippen molar-refractivity contribution in [1.82, 2.24) is 29.9 Å². The van der Waals surface area contributed by atoms with Crippen LogP contribution in [-0.2, 0) is 17.1 Å². The third-order valence-corrected chi connectivity index (χ3v) is 4.85. The molecule has 1 aliphatic rings. The number of rotatable bonds is 5. The fourth-order valence-corrected chi connectivity index (χ4v) is 3.33. The van der Waals surface area contributed by atoms with Crippen LogP contribution in [0.25, 0.3) is 0 Å². The van der Waals surface area contributed by atoms with E-state index in [-0.39, 0.29) is 30.5 Å². The molecule has 0 spiro atoms. The van der Waals surface area contributed by atoms with E-state index in [1.165, 1.54) is 11.9 Å². The molecule has 0 aliphatic carbocycles. The number of aryl methyl sites for hydroxylation is 1. The lowest BCUT2D eigenvalue weighted by Crippen LogP contribution is -2.57. The zero-order chi connectivity index (χ0) is 16.4. The second-order valence-corrected chi connectivity index (χ2v) is 6.60. The van der Waals surface area contributed by atoms with Gasteiger partial charge in [-0.05, 0) is 0 Å². The van der Waals surface area contributed by atoms with Crippen LogP contribution in [0.4, 0.5) is 13.2 Å². The Labute approximate surface area is 137 Å². The van der Waals surface area contributed by atoms with Crippen LogP contribution in [-0.4, -0.2) is 73.3 Å². The molecule has 1 unspecified atom stereocenters. The molecule has 1 atom stereocenters. The van der Waals surface area contributed by atoms with Gasteiger partial charge in [0, 0.05) is 39.8 Å². The van der Waals surface area contributed by atoms with Crippen molar-refractivity contribution < 1.29 is 21.6 Å². The van der Waals surface area contributed by atoms with Crippen molar-refractivity contribution in [2.45, 2.75) is 17.2 Å². The first-order valence-corrected chi connectivity index (χ1v) is 8.06. The average molecular weight is 379 g/mol. The van der Waals surface area contributed by atoms with Crippen molar-refractivity contribution in [3.63, 3.8) is 0 Å². The summed E-state index contributed by atoms with van der Waals surface area (Å²) in [5, 5.41) is 9.53. The Bertz CT molecular complexity index is 602. The molecule has 8 nitrogen and oxygen atoms in total. The number of piperazine rings is 1. The summed E-state index contributed by atoms with van der Waals surface area (Å²) < 4.78 is 66.5. The molecule has 0 aromatic carbocycles. The second kappa shape index (κ2) is 7.75. The van der Waals surface area contributed by atoms with Crippen molar-refractivity contribution in [3.8, 4) is 0 Å². The lowest BCUT2D eigenvalue weighted by Gasteiger charge is -2.35. The van der Waals surface area contributed by atoms with Crippen LogP contribution in [0.2, 0.25) is 0 Å². The van der Waals surface area contributed by atoms with E-state index in [0.717, 1.165) is 10.9 Å².